The van der Waals surface area contributed by atoms with Gasteiger partial charge in [-0.3, -0.25) is 0 Å². The van der Waals surface area contributed by atoms with E-state index in [0.29, 0.717) is 0 Å². The van der Waals surface area contributed by atoms with E-state index >= 15 is 0 Å². The molecule has 0 spiro atoms. The molecule has 21 heavy (non-hydrogen) atoms. The van der Waals surface area contributed by atoms with E-state index in [2.05, 4.69) is 62.3 Å². The standard InChI is InChI=1S/C18H26N2O/c1-5-11-19-12-10-17-20-13-16(21-17)14-6-8-15(9-7-14)18(2,3)4/h6-9,13,19H,5,10-12H2,1-4H3. The summed E-state index contributed by atoms with van der Waals surface area (Å²) in [6.07, 6.45) is 3.80. The van der Waals surface area contributed by atoms with Gasteiger partial charge in [0.1, 0.15) is 0 Å². The fourth-order valence-electron chi connectivity index (χ4n) is 2.19. The van der Waals surface area contributed by atoms with Gasteiger partial charge in [-0.1, -0.05) is 52.0 Å². The van der Waals surface area contributed by atoms with Gasteiger partial charge in [-0.15, -0.1) is 0 Å². The Bertz CT molecular complexity index is 549. The molecule has 1 heterocycles. The Morgan fingerprint density at radius 1 is 1.10 bits per heavy atom. The first-order valence-electron chi connectivity index (χ1n) is 7.77. The largest absolute Gasteiger partial charge is 0.441 e. The summed E-state index contributed by atoms with van der Waals surface area (Å²) in [5.41, 5.74) is 2.59. The Morgan fingerprint density at radius 2 is 1.81 bits per heavy atom. The topological polar surface area (TPSA) is 38.1 Å². The highest BCUT2D eigenvalue weighted by molar-refractivity contribution is 5.57. The van der Waals surface area contributed by atoms with Crippen LogP contribution < -0.4 is 5.32 Å². The lowest BCUT2D eigenvalue weighted by atomic mass is 9.86. The molecular weight excluding hydrogens is 260 g/mol. The van der Waals surface area contributed by atoms with Crippen LogP contribution in [0.1, 0.15) is 45.6 Å². The summed E-state index contributed by atoms with van der Waals surface area (Å²) in [7, 11) is 0. The van der Waals surface area contributed by atoms with Crippen LogP contribution >= 0.6 is 0 Å². The van der Waals surface area contributed by atoms with Gasteiger partial charge in [0.2, 0.25) is 0 Å². The van der Waals surface area contributed by atoms with Gasteiger partial charge < -0.3 is 9.73 Å². The average molecular weight is 286 g/mol. The van der Waals surface area contributed by atoms with E-state index in [-0.39, 0.29) is 5.41 Å². The lowest BCUT2D eigenvalue weighted by Crippen LogP contribution is -2.17. The summed E-state index contributed by atoms with van der Waals surface area (Å²) in [6.45, 7) is 10.8. The van der Waals surface area contributed by atoms with Crippen LogP contribution in [0, 0.1) is 0 Å². The van der Waals surface area contributed by atoms with E-state index in [1.54, 1.807) is 0 Å². The quantitative estimate of drug-likeness (QED) is 0.809. The van der Waals surface area contributed by atoms with Crippen molar-refractivity contribution in [3.63, 3.8) is 0 Å². The Labute approximate surface area is 127 Å². The minimum absolute atomic E-state index is 0.177. The summed E-state index contributed by atoms with van der Waals surface area (Å²) in [6, 6.07) is 8.56. The lowest BCUT2D eigenvalue weighted by Gasteiger charge is -2.18. The van der Waals surface area contributed by atoms with Gasteiger partial charge in [-0.25, -0.2) is 4.98 Å². The maximum Gasteiger partial charge on any atom is 0.196 e. The smallest absolute Gasteiger partial charge is 0.196 e. The molecule has 2 aromatic rings. The summed E-state index contributed by atoms with van der Waals surface area (Å²) in [4.78, 5) is 4.35. The molecule has 3 nitrogen and oxygen atoms in total. The molecule has 0 saturated heterocycles. The Balaban J connectivity index is 2.00. The fourth-order valence-corrected chi connectivity index (χ4v) is 2.19. The number of nitrogens with one attached hydrogen (secondary N) is 1. The third-order valence-corrected chi connectivity index (χ3v) is 3.53. The second-order valence-corrected chi connectivity index (χ2v) is 6.45. The molecule has 1 aromatic carbocycles. The zero-order chi connectivity index (χ0) is 15.3. The zero-order valence-electron chi connectivity index (χ0n) is 13.6. The number of aromatic nitrogens is 1. The third kappa shape index (κ3) is 4.43. The first kappa shape index (κ1) is 15.8. The van der Waals surface area contributed by atoms with E-state index in [9.17, 15) is 0 Å². The van der Waals surface area contributed by atoms with Crippen LogP contribution in [0.15, 0.2) is 34.9 Å². The van der Waals surface area contributed by atoms with Crippen molar-refractivity contribution in [3.05, 3.63) is 41.9 Å². The molecule has 0 atom stereocenters. The molecule has 1 aromatic heterocycles. The van der Waals surface area contributed by atoms with Gasteiger partial charge in [0.25, 0.3) is 0 Å². The normalized spacial score (nSPS) is 11.8. The maximum atomic E-state index is 5.82. The van der Waals surface area contributed by atoms with Gasteiger partial charge in [-0.05, 0) is 23.9 Å². The molecule has 0 bridgehead atoms. The van der Waals surface area contributed by atoms with Crippen molar-refractivity contribution in [2.45, 2.75) is 46.0 Å². The fraction of sp³-hybridized carbons (Fsp3) is 0.500. The first-order chi connectivity index (χ1) is 10.0. The molecule has 0 aliphatic carbocycles. The van der Waals surface area contributed by atoms with Crippen LogP contribution in [0.5, 0.6) is 0 Å². The van der Waals surface area contributed by atoms with Crippen molar-refractivity contribution in [3.8, 4) is 11.3 Å². The first-order valence-corrected chi connectivity index (χ1v) is 7.77. The lowest BCUT2D eigenvalue weighted by molar-refractivity contribution is 0.495. The Hall–Kier alpha value is -1.61. The van der Waals surface area contributed by atoms with Crippen molar-refractivity contribution in [1.29, 1.82) is 0 Å². The monoisotopic (exact) mass is 286 g/mol. The molecule has 1 N–H and O–H groups in total. The highest BCUT2D eigenvalue weighted by Gasteiger charge is 2.14. The van der Waals surface area contributed by atoms with Crippen LogP contribution in [0.4, 0.5) is 0 Å². The summed E-state index contributed by atoms with van der Waals surface area (Å²) < 4.78 is 5.82. The second-order valence-electron chi connectivity index (χ2n) is 6.45. The van der Waals surface area contributed by atoms with Gasteiger partial charge in [0.05, 0.1) is 6.20 Å². The van der Waals surface area contributed by atoms with Gasteiger partial charge >= 0.3 is 0 Å². The predicted molar refractivity (Wildman–Crippen MR) is 87.5 cm³/mol. The van der Waals surface area contributed by atoms with Crippen LogP contribution in [-0.2, 0) is 11.8 Å². The molecule has 0 aliphatic rings. The van der Waals surface area contributed by atoms with Crippen molar-refractivity contribution < 1.29 is 4.42 Å². The predicted octanol–water partition coefficient (Wildman–Crippen LogP) is 4.18. The highest BCUT2D eigenvalue weighted by atomic mass is 16.4. The average Bonchev–Trinajstić information content (AvgIpc) is 2.92. The summed E-state index contributed by atoms with van der Waals surface area (Å²) in [5.74, 6) is 1.65. The Morgan fingerprint density at radius 3 is 2.43 bits per heavy atom. The molecule has 3 heteroatoms. The number of rotatable bonds is 6. The molecule has 0 unspecified atom stereocenters. The summed E-state index contributed by atoms with van der Waals surface area (Å²) >= 11 is 0. The van der Waals surface area contributed by atoms with Crippen LogP contribution in [0.3, 0.4) is 0 Å². The highest BCUT2D eigenvalue weighted by Crippen LogP contribution is 2.26. The molecule has 114 valence electrons. The summed E-state index contributed by atoms with van der Waals surface area (Å²) in [5, 5.41) is 3.36. The maximum absolute atomic E-state index is 5.82. The number of hydrogen-bond acceptors (Lipinski definition) is 3. The van der Waals surface area contributed by atoms with E-state index < -0.39 is 0 Å². The second kappa shape index (κ2) is 6.90. The number of nitrogens with zero attached hydrogens (tertiary/aromatic N) is 1. The van der Waals surface area contributed by atoms with Gasteiger partial charge in [0, 0.05) is 18.5 Å². The minimum Gasteiger partial charge on any atom is -0.441 e. The van der Waals surface area contributed by atoms with E-state index in [0.717, 1.165) is 43.1 Å². The molecule has 0 radical (unpaired) electrons. The van der Waals surface area contributed by atoms with Crippen molar-refractivity contribution in [1.82, 2.24) is 10.3 Å². The molecular formula is C18H26N2O. The van der Waals surface area contributed by atoms with Crippen molar-refractivity contribution >= 4 is 0 Å². The van der Waals surface area contributed by atoms with Gasteiger partial charge in [-0.2, -0.15) is 0 Å². The molecule has 0 amide bonds. The van der Waals surface area contributed by atoms with Gasteiger partial charge in [0.15, 0.2) is 11.7 Å². The Kier molecular flexibility index (Phi) is 5.18. The van der Waals surface area contributed by atoms with E-state index in [1.165, 1.54) is 5.56 Å². The molecule has 0 fully saturated rings. The van der Waals surface area contributed by atoms with Crippen molar-refractivity contribution in [2.75, 3.05) is 13.1 Å². The number of oxazole rings is 1. The van der Waals surface area contributed by atoms with E-state index in [1.807, 2.05) is 6.20 Å². The van der Waals surface area contributed by atoms with Crippen LogP contribution in [0.2, 0.25) is 0 Å². The van der Waals surface area contributed by atoms with Crippen LogP contribution in [-0.4, -0.2) is 18.1 Å². The number of hydrogen-bond donors (Lipinski definition) is 1. The minimum atomic E-state index is 0.177. The SMILES string of the molecule is CCCNCCc1ncc(-c2ccc(C(C)(C)C)cc2)o1. The molecule has 0 aliphatic heterocycles. The molecule has 2 rings (SSSR count). The molecule has 0 saturated carbocycles. The number of benzene rings is 1. The van der Waals surface area contributed by atoms with Crippen LogP contribution in [0.25, 0.3) is 11.3 Å². The zero-order valence-corrected chi connectivity index (χ0v) is 13.6. The van der Waals surface area contributed by atoms with Crippen molar-refractivity contribution in [2.24, 2.45) is 0 Å². The van der Waals surface area contributed by atoms with E-state index in [4.69, 9.17) is 4.42 Å². The third-order valence-electron chi connectivity index (χ3n) is 3.53.